The van der Waals surface area contributed by atoms with Gasteiger partial charge in [-0.1, -0.05) is 29.8 Å². The molecule has 2 amide bonds. The molecule has 2 aromatic carbocycles. The topological polar surface area (TPSA) is 50.2 Å². The number of aryl methyl sites for hydroxylation is 1. The molecule has 0 unspecified atom stereocenters. The van der Waals surface area contributed by atoms with Gasteiger partial charge in [-0.15, -0.1) is 0 Å². The molecule has 0 radical (unpaired) electrons. The van der Waals surface area contributed by atoms with Crippen molar-refractivity contribution in [3.63, 3.8) is 0 Å². The molecule has 1 aliphatic heterocycles. The third kappa shape index (κ3) is 2.61. The van der Waals surface area contributed by atoms with E-state index >= 15 is 0 Å². The molecule has 4 rings (SSSR count). The summed E-state index contributed by atoms with van der Waals surface area (Å²) < 4.78 is 2.18. The van der Waals surface area contributed by atoms with Crippen LogP contribution in [0, 0.1) is 6.92 Å². The number of para-hydroxylation sites is 2. The fourth-order valence-corrected chi connectivity index (χ4v) is 3.34. The number of imidazole rings is 1. The number of benzene rings is 2. The molecule has 0 atom stereocenters. The Morgan fingerprint density at radius 2 is 2.04 bits per heavy atom. The SMILES string of the molecule is Cc1ccc(NC(=O)N2CCn3c(nc4ccccc43)C2)c(Cl)c1. The minimum Gasteiger partial charge on any atom is -0.325 e. The zero-order chi connectivity index (χ0) is 16.7. The lowest BCUT2D eigenvalue weighted by Crippen LogP contribution is -2.40. The van der Waals surface area contributed by atoms with Gasteiger partial charge in [-0.3, -0.25) is 0 Å². The molecule has 0 saturated carbocycles. The van der Waals surface area contributed by atoms with E-state index in [4.69, 9.17) is 11.6 Å². The van der Waals surface area contributed by atoms with Crippen molar-refractivity contribution in [1.82, 2.24) is 14.5 Å². The number of aromatic nitrogens is 2. The zero-order valence-corrected chi connectivity index (χ0v) is 14.0. The number of nitrogens with zero attached hydrogens (tertiary/aromatic N) is 3. The van der Waals surface area contributed by atoms with E-state index in [1.54, 1.807) is 4.90 Å². The lowest BCUT2D eigenvalue weighted by molar-refractivity contribution is 0.196. The van der Waals surface area contributed by atoms with Gasteiger partial charge in [0.25, 0.3) is 0 Å². The van der Waals surface area contributed by atoms with Gasteiger partial charge in [-0.05, 0) is 36.8 Å². The summed E-state index contributed by atoms with van der Waals surface area (Å²) in [5.74, 6) is 0.910. The molecule has 0 saturated heterocycles. The Labute approximate surface area is 144 Å². The normalized spacial score (nSPS) is 13.8. The highest BCUT2D eigenvalue weighted by Gasteiger charge is 2.23. The van der Waals surface area contributed by atoms with Gasteiger partial charge in [0.2, 0.25) is 0 Å². The van der Waals surface area contributed by atoms with E-state index in [0.29, 0.717) is 23.8 Å². The third-order valence-electron chi connectivity index (χ3n) is 4.31. The van der Waals surface area contributed by atoms with Crippen LogP contribution in [0.1, 0.15) is 11.4 Å². The Bertz CT molecular complexity index is 934. The van der Waals surface area contributed by atoms with Crippen molar-refractivity contribution in [2.45, 2.75) is 20.0 Å². The van der Waals surface area contributed by atoms with Crippen molar-refractivity contribution in [2.24, 2.45) is 0 Å². The molecule has 2 heterocycles. The van der Waals surface area contributed by atoms with Gasteiger partial charge in [0.05, 0.1) is 28.3 Å². The molecule has 1 aliphatic rings. The van der Waals surface area contributed by atoms with Crippen molar-refractivity contribution >= 4 is 34.4 Å². The molecular weight excluding hydrogens is 324 g/mol. The maximum atomic E-state index is 12.5. The number of urea groups is 1. The van der Waals surface area contributed by atoms with Crippen molar-refractivity contribution in [1.29, 1.82) is 0 Å². The minimum atomic E-state index is -0.154. The van der Waals surface area contributed by atoms with Gasteiger partial charge < -0.3 is 14.8 Å². The monoisotopic (exact) mass is 340 g/mol. The smallest absolute Gasteiger partial charge is 0.322 e. The lowest BCUT2D eigenvalue weighted by atomic mass is 10.2. The lowest BCUT2D eigenvalue weighted by Gasteiger charge is -2.28. The fourth-order valence-electron chi connectivity index (χ4n) is 3.06. The maximum absolute atomic E-state index is 12.5. The highest BCUT2D eigenvalue weighted by molar-refractivity contribution is 6.33. The molecule has 0 aliphatic carbocycles. The quantitative estimate of drug-likeness (QED) is 0.726. The first-order valence-electron chi connectivity index (χ1n) is 7.88. The second-order valence-corrected chi connectivity index (χ2v) is 6.41. The van der Waals surface area contributed by atoms with Gasteiger partial charge in [0.1, 0.15) is 5.82 Å². The van der Waals surface area contributed by atoms with Crippen LogP contribution in [0.2, 0.25) is 5.02 Å². The number of amides is 2. The number of anilines is 1. The molecule has 122 valence electrons. The number of halogens is 1. The number of fused-ring (bicyclic) bond motifs is 3. The summed E-state index contributed by atoms with van der Waals surface area (Å²) in [6.45, 7) is 3.84. The van der Waals surface area contributed by atoms with Crippen LogP contribution in [-0.4, -0.2) is 27.0 Å². The first-order valence-corrected chi connectivity index (χ1v) is 8.26. The zero-order valence-electron chi connectivity index (χ0n) is 13.3. The predicted molar refractivity (Wildman–Crippen MR) is 95.4 cm³/mol. The van der Waals surface area contributed by atoms with Crippen molar-refractivity contribution in [2.75, 3.05) is 11.9 Å². The van der Waals surface area contributed by atoms with Crippen LogP contribution in [0.5, 0.6) is 0 Å². The second-order valence-electron chi connectivity index (χ2n) is 6.00. The summed E-state index contributed by atoms with van der Waals surface area (Å²) in [6.07, 6.45) is 0. The van der Waals surface area contributed by atoms with E-state index < -0.39 is 0 Å². The van der Waals surface area contributed by atoms with Gasteiger partial charge in [0.15, 0.2) is 0 Å². The summed E-state index contributed by atoms with van der Waals surface area (Å²) in [7, 11) is 0. The summed E-state index contributed by atoms with van der Waals surface area (Å²) >= 11 is 6.20. The molecule has 5 nitrogen and oxygen atoms in total. The standard InChI is InChI=1S/C18H17ClN4O/c1-12-6-7-14(13(19)10-12)21-18(24)22-8-9-23-16-5-3-2-4-15(16)20-17(23)11-22/h2-7,10H,8-9,11H2,1H3,(H,21,24). The van der Waals surface area contributed by atoms with Crippen molar-refractivity contribution < 1.29 is 4.79 Å². The number of hydrogen-bond donors (Lipinski definition) is 1. The fraction of sp³-hybridized carbons (Fsp3) is 0.222. The summed E-state index contributed by atoms with van der Waals surface area (Å²) in [5.41, 5.74) is 3.78. The molecule has 1 aromatic heterocycles. The maximum Gasteiger partial charge on any atom is 0.322 e. The summed E-state index contributed by atoms with van der Waals surface area (Å²) in [4.78, 5) is 18.9. The Balaban J connectivity index is 1.54. The average Bonchev–Trinajstić information content (AvgIpc) is 2.95. The number of hydrogen-bond acceptors (Lipinski definition) is 2. The van der Waals surface area contributed by atoms with Crippen LogP contribution in [-0.2, 0) is 13.1 Å². The third-order valence-corrected chi connectivity index (χ3v) is 4.63. The summed E-state index contributed by atoms with van der Waals surface area (Å²) in [5, 5.41) is 3.44. The van der Waals surface area contributed by atoms with E-state index in [-0.39, 0.29) is 6.03 Å². The van der Waals surface area contributed by atoms with Gasteiger partial charge >= 0.3 is 6.03 Å². The van der Waals surface area contributed by atoms with E-state index in [2.05, 4.69) is 20.9 Å². The van der Waals surface area contributed by atoms with Crippen LogP contribution in [0.3, 0.4) is 0 Å². The largest absolute Gasteiger partial charge is 0.325 e. The van der Waals surface area contributed by atoms with Gasteiger partial charge in [0, 0.05) is 13.1 Å². The van der Waals surface area contributed by atoms with E-state index in [0.717, 1.165) is 29.0 Å². The van der Waals surface area contributed by atoms with Crippen molar-refractivity contribution in [3.8, 4) is 0 Å². The first-order chi connectivity index (χ1) is 11.6. The van der Waals surface area contributed by atoms with Crippen molar-refractivity contribution in [3.05, 3.63) is 58.9 Å². The average molecular weight is 341 g/mol. The number of carbonyl (C=O) groups excluding carboxylic acids is 1. The molecule has 0 bridgehead atoms. The van der Waals surface area contributed by atoms with Crippen LogP contribution in [0.25, 0.3) is 11.0 Å². The highest BCUT2D eigenvalue weighted by Crippen LogP contribution is 2.24. The van der Waals surface area contributed by atoms with Gasteiger partial charge in [-0.25, -0.2) is 9.78 Å². The van der Waals surface area contributed by atoms with Crippen LogP contribution in [0.15, 0.2) is 42.5 Å². The predicted octanol–water partition coefficient (Wildman–Crippen LogP) is 4.05. The Morgan fingerprint density at radius 1 is 1.21 bits per heavy atom. The second kappa shape index (κ2) is 5.83. The first kappa shape index (κ1) is 15.0. The van der Waals surface area contributed by atoms with Crippen LogP contribution >= 0.6 is 11.6 Å². The summed E-state index contributed by atoms with van der Waals surface area (Å²) in [6, 6.07) is 13.5. The molecule has 0 fully saturated rings. The van der Waals surface area contributed by atoms with Crippen LogP contribution < -0.4 is 5.32 Å². The Hall–Kier alpha value is -2.53. The minimum absolute atomic E-state index is 0.154. The molecule has 0 spiro atoms. The van der Waals surface area contributed by atoms with E-state index in [1.165, 1.54) is 0 Å². The molecule has 6 heteroatoms. The van der Waals surface area contributed by atoms with E-state index in [1.807, 2.05) is 43.3 Å². The number of rotatable bonds is 1. The van der Waals surface area contributed by atoms with Gasteiger partial charge in [-0.2, -0.15) is 0 Å². The Kier molecular flexibility index (Phi) is 3.65. The molecule has 24 heavy (non-hydrogen) atoms. The van der Waals surface area contributed by atoms with E-state index in [9.17, 15) is 4.79 Å². The van der Waals surface area contributed by atoms with Crippen LogP contribution in [0.4, 0.5) is 10.5 Å². The number of carbonyl (C=O) groups is 1. The number of nitrogens with one attached hydrogen (secondary N) is 1. The Morgan fingerprint density at radius 3 is 2.88 bits per heavy atom. The highest BCUT2D eigenvalue weighted by atomic mass is 35.5. The molecule has 3 aromatic rings. The molecule has 1 N–H and O–H groups in total. The molecular formula is C18H17ClN4O.